The average Bonchev–Trinajstić information content (AvgIpc) is 3.04. The Balaban J connectivity index is 1.57. The highest BCUT2D eigenvalue weighted by atomic mass is 19.2. The molecule has 0 amide bonds. The Bertz CT molecular complexity index is 506. The summed E-state index contributed by atoms with van der Waals surface area (Å²) in [7, 11) is 2.03. The first-order valence-corrected chi connectivity index (χ1v) is 7.92. The van der Waals surface area contributed by atoms with Gasteiger partial charge in [-0.25, -0.2) is 8.78 Å². The zero-order chi connectivity index (χ0) is 15.0. The summed E-state index contributed by atoms with van der Waals surface area (Å²) in [5.74, 6) is 0.942. The maximum atomic E-state index is 13.8. The smallest absolute Gasteiger partial charge is 0.163 e. The van der Waals surface area contributed by atoms with Gasteiger partial charge in [-0.05, 0) is 50.1 Å². The molecule has 2 fully saturated rings. The van der Waals surface area contributed by atoms with Crippen LogP contribution in [-0.4, -0.2) is 25.0 Å². The molecule has 4 unspecified atom stereocenters. The van der Waals surface area contributed by atoms with Crippen molar-refractivity contribution in [3.05, 3.63) is 35.4 Å². The molecule has 2 nitrogen and oxygen atoms in total. The fourth-order valence-electron chi connectivity index (χ4n) is 4.32. The molecule has 0 aromatic heterocycles. The predicted octanol–water partition coefficient (Wildman–Crippen LogP) is 3.33. The van der Waals surface area contributed by atoms with Gasteiger partial charge in [-0.15, -0.1) is 0 Å². The molecule has 0 aliphatic heterocycles. The molecule has 116 valence electrons. The van der Waals surface area contributed by atoms with Crippen LogP contribution in [0.4, 0.5) is 8.78 Å². The third-order valence-corrected chi connectivity index (χ3v) is 5.32. The Labute approximate surface area is 125 Å². The van der Waals surface area contributed by atoms with Crippen molar-refractivity contribution in [3.8, 4) is 0 Å². The topological polar surface area (TPSA) is 29.3 Å². The lowest BCUT2D eigenvalue weighted by molar-refractivity contribution is 0.211. The second-order valence-electron chi connectivity index (χ2n) is 6.91. The lowest BCUT2D eigenvalue weighted by atomic mass is 9.88. The second kappa shape index (κ2) is 6.01. The van der Waals surface area contributed by atoms with Gasteiger partial charge in [0.1, 0.15) is 0 Å². The van der Waals surface area contributed by atoms with Gasteiger partial charge in [0, 0.05) is 24.7 Å². The third kappa shape index (κ3) is 3.11. The minimum atomic E-state index is -0.821. The van der Waals surface area contributed by atoms with E-state index >= 15 is 0 Å². The van der Waals surface area contributed by atoms with Gasteiger partial charge in [0.2, 0.25) is 0 Å². The van der Waals surface area contributed by atoms with Crippen LogP contribution in [0.5, 0.6) is 0 Å². The number of likely N-dealkylation sites (N-methyl/N-ethyl adjacent to an activating group) is 1. The van der Waals surface area contributed by atoms with E-state index < -0.39 is 17.7 Å². The average molecular weight is 294 g/mol. The molecular weight excluding hydrogens is 270 g/mol. The zero-order valence-electron chi connectivity index (χ0n) is 12.6. The van der Waals surface area contributed by atoms with Crippen LogP contribution < -0.4 is 5.73 Å². The van der Waals surface area contributed by atoms with Gasteiger partial charge in [0.25, 0.3) is 0 Å². The van der Waals surface area contributed by atoms with Crippen LogP contribution in [0.1, 0.15) is 37.3 Å². The summed E-state index contributed by atoms with van der Waals surface area (Å²) in [5.41, 5.74) is 6.34. The van der Waals surface area contributed by atoms with E-state index in [-0.39, 0.29) is 5.56 Å². The lowest BCUT2D eigenvalue weighted by Crippen LogP contribution is -2.34. The highest BCUT2D eigenvalue weighted by molar-refractivity contribution is 5.22. The SMILES string of the molecule is CN(CC(N)c1cccc(F)c1F)CC1CC2CCC1C2. The fraction of sp³-hybridized carbons (Fsp3) is 0.647. The summed E-state index contributed by atoms with van der Waals surface area (Å²) in [6.45, 7) is 1.58. The first-order valence-electron chi connectivity index (χ1n) is 7.92. The van der Waals surface area contributed by atoms with Crippen molar-refractivity contribution in [2.45, 2.75) is 31.7 Å². The molecular formula is C17H24F2N2. The van der Waals surface area contributed by atoms with E-state index in [0.717, 1.165) is 30.4 Å². The highest BCUT2D eigenvalue weighted by Crippen LogP contribution is 2.48. The first kappa shape index (κ1) is 14.9. The summed E-state index contributed by atoms with van der Waals surface area (Å²) in [6.07, 6.45) is 5.49. The minimum absolute atomic E-state index is 0.273. The van der Waals surface area contributed by atoms with Gasteiger partial charge in [-0.1, -0.05) is 18.6 Å². The maximum absolute atomic E-state index is 13.8. The minimum Gasteiger partial charge on any atom is -0.323 e. The Morgan fingerprint density at radius 2 is 2.10 bits per heavy atom. The van der Waals surface area contributed by atoms with E-state index in [2.05, 4.69) is 4.90 Å². The number of nitrogens with zero attached hydrogens (tertiary/aromatic N) is 1. The van der Waals surface area contributed by atoms with E-state index in [4.69, 9.17) is 5.73 Å². The van der Waals surface area contributed by atoms with Crippen molar-refractivity contribution in [2.75, 3.05) is 20.1 Å². The van der Waals surface area contributed by atoms with Crippen LogP contribution in [0.25, 0.3) is 0 Å². The molecule has 4 heteroatoms. The summed E-state index contributed by atoms with van der Waals surface area (Å²) >= 11 is 0. The predicted molar refractivity (Wildman–Crippen MR) is 79.7 cm³/mol. The van der Waals surface area contributed by atoms with Crippen LogP contribution in [0, 0.1) is 29.4 Å². The van der Waals surface area contributed by atoms with Gasteiger partial charge in [-0.2, -0.15) is 0 Å². The van der Waals surface area contributed by atoms with Gasteiger partial charge < -0.3 is 10.6 Å². The largest absolute Gasteiger partial charge is 0.323 e. The van der Waals surface area contributed by atoms with Gasteiger partial charge >= 0.3 is 0 Å². The number of benzene rings is 1. The molecule has 3 rings (SSSR count). The maximum Gasteiger partial charge on any atom is 0.163 e. The fourth-order valence-corrected chi connectivity index (χ4v) is 4.32. The number of fused-ring (bicyclic) bond motifs is 2. The molecule has 2 aliphatic rings. The molecule has 2 saturated carbocycles. The van der Waals surface area contributed by atoms with E-state index in [0.29, 0.717) is 6.54 Å². The zero-order valence-corrected chi connectivity index (χ0v) is 12.6. The summed E-state index contributed by atoms with van der Waals surface area (Å²) in [4.78, 5) is 2.18. The van der Waals surface area contributed by atoms with E-state index in [1.165, 1.54) is 31.7 Å². The van der Waals surface area contributed by atoms with E-state index in [1.54, 1.807) is 6.07 Å². The highest BCUT2D eigenvalue weighted by Gasteiger charge is 2.39. The molecule has 0 saturated heterocycles. The Morgan fingerprint density at radius 3 is 2.76 bits per heavy atom. The third-order valence-electron chi connectivity index (χ3n) is 5.32. The molecule has 4 atom stereocenters. The molecule has 1 aromatic carbocycles. The van der Waals surface area contributed by atoms with Crippen molar-refractivity contribution < 1.29 is 8.78 Å². The normalized spacial score (nSPS) is 29.3. The Kier molecular flexibility index (Phi) is 4.27. The lowest BCUT2D eigenvalue weighted by Gasteiger charge is -2.29. The second-order valence-corrected chi connectivity index (χ2v) is 6.91. The van der Waals surface area contributed by atoms with Crippen molar-refractivity contribution in [1.82, 2.24) is 4.90 Å². The molecule has 2 N–H and O–H groups in total. The number of nitrogens with two attached hydrogens (primary N) is 1. The Hall–Kier alpha value is -1.00. The molecule has 2 aliphatic carbocycles. The summed E-state index contributed by atoms with van der Waals surface area (Å²) in [6, 6.07) is 3.74. The van der Waals surface area contributed by atoms with Crippen molar-refractivity contribution in [2.24, 2.45) is 23.5 Å². The monoisotopic (exact) mass is 294 g/mol. The molecule has 2 bridgehead atoms. The number of halogens is 2. The van der Waals surface area contributed by atoms with Crippen molar-refractivity contribution in [3.63, 3.8) is 0 Å². The molecule has 1 aromatic rings. The van der Waals surface area contributed by atoms with Crippen LogP contribution in [0.2, 0.25) is 0 Å². The van der Waals surface area contributed by atoms with Crippen LogP contribution in [-0.2, 0) is 0 Å². The summed E-state index contributed by atoms with van der Waals surface area (Å²) in [5, 5.41) is 0. The first-order chi connectivity index (χ1) is 10.0. The summed E-state index contributed by atoms with van der Waals surface area (Å²) < 4.78 is 27.0. The van der Waals surface area contributed by atoms with Gasteiger partial charge in [0.15, 0.2) is 11.6 Å². The van der Waals surface area contributed by atoms with Crippen molar-refractivity contribution >= 4 is 0 Å². The van der Waals surface area contributed by atoms with Crippen LogP contribution in [0.15, 0.2) is 18.2 Å². The number of hydrogen-bond acceptors (Lipinski definition) is 2. The van der Waals surface area contributed by atoms with Gasteiger partial charge in [-0.3, -0.25) is 0 Å². The molecule has 0 spiro atoms. The molecule has 0 heterocycles. The molecule has 21 heavy (non-hydrogen) atoms. The molecule has 0 radical (unpaired) electrons. The number of hydrogen-bond donors (Lipinski definition) is 1. The number of rotatable bonds is 5. The van der Waals surface area contributed by atoms with Crippen LogP contribution in [0.3, 0.4) is 0 Å². The van der Waals surface area contributed by atoms with E-state index in [9.17, 15) is 8.78 Å². The van der Waals surface area contributed by atoms with Gasteiger partial charge in [0.05, 0.1) is 0 Å². The Morgan fingerprint density at radius 1 is 1.29 bits per heavy atom. The van der Waals surface area contributed by atoms with E-state index in [1.807, 2.05) is 7.05 Å². The van der Waals surface area contributed by atoms with Crippen LogP contribution >= 0.6 is 0 Å². The van der Waals surface area contributed by atoms with Crippen molar-refractivity contribution in [1.29, 1.82) is 0 Å². The quantitative estimate of drug-likeness (QED) is 0.902. The standard InChI is InChI=1S/C17H24F2N2/c1-21(9-13-8-11-5-6-12(13)7-11)10-16(20)14-3-2-4-15(18)17(14)19/h2-4,11-13,16H,5-10,20H2,1H3.